The molecule has 2 amide bonds. The maximum absolute atomic E-state index is 12.6. The van der Waals surface area contributed by atoms with Gasteiger partial charge in [-0.2, -0.15) is 0 Å². The van der Waals surface area contributed by atoms with Crippen LogP contribution in [0.25, 0.3) is 0 Å². The summed E-state index contributed by atoms with van der Waals surface area (Å²) in [7, 11) is -3.93. The van der Waals surface area contributed by atoms with Gasteiger partial charge < -0.3 is 11.1 Å². The van der Waals surface area contributed by atoms with Gasteiger partial charge in [0.25, 0.3) is 10.0 Å². The van der Waals surface area contributed by atoms with Crippen molar-refractivity contribution in [3.05, 3.63) is 58.1 Å². The minimum atomic E-state index is -3.93. The summed E-state index contributed by atoms with van der Waals surface area (Å²) < 4.78 is 27.3. The molecule has 0 fully saturated rings. The fourth-order valence-corrected chi connectivity index (χ4v) is 5.20. The molecule has 6 nitrogen and oxygen atoms in total. The lowest BCUT2D eigenvalue weighted by molar-refractivity contribution is 0.256. The number of sulfonamides is 1. The zero-order valence-corrected chi connectivity index (χ0v) is 16.6. The molecule has 4 rings (SSSR count). The first-order valence-electron chi connectivity index (χ1n) is 9.77. The predicted octanol–water partition coefficient (Wildman–Crippen LogP) is 2.68. The Morgan fingerprint density at radius 1 is 0.964 bits per heavy atom. The van der Waals surface area contributed by atoms with Crippen LogP contribution in [0.3, 0.4) is 0 Å². The van der Waals surface area contributed by atoms with Crippen molar-refractivity contribution in [1.29, 1.82) is 0 Å². The van der Waals surface area contributed by atoms with E-state index >= 15 is 0 Å². The third kappa shape index (κ3) is 3.64. The zero-order valence-electron chi connectivity index (χ0n) is 15.8. The summed E-state index contributed by atoms with van der Waals surface area (Å²) >= 11 is 0. The number of anilines is 1. The maximum Gasteiger partial charge on any atom is 0.333 e. The van der Waals surface area contributed by atoms with E-state index in [1.807, 2.05) is 0 Å². The molecule has 7 heteroatoms. The number of nitrogens with one attached hydrogen (secondary N) is 2. The number of hydrogen-bond acceptors (Lipinski definition) is 4. The van der Waals surface area contributed by atoms with Gasteiger partial charge in [-0.3, -0.25) is 0 Å². The SMILES string of the molecule is NCCc1ccc(S(=O)(=O)NC(=O)Nc2c3c(cc4c2CCC4)CCC3)cc1. The lowest BCUT2D eigenvalue weighted by Crippen LogP contribution is -2.35. The molecule has 0 unspecified atom stereocenters. The lowest BCUT2D eigenvalue weighted by Gasteiger charge is -2.16. The minimum absolute atomic E-state index is 0.0620. The van der Waals surface area contributed by atoms with Crippen molar-refractivity contribution in [2.24, 2.45) is 5.73 Å². The van der Waals surface area contributed by atoms with Crippen LogP contribution in [0, 0.1) is 0 Å². The smallest absolute Gasteiger partial charge is 0.330 e. The Bertz CT molecular complexity index is 982. The molecule has 2 aromatic carbocycles. The van der Waals surface area contributed by atoms with Crippen LogP contribution in [-0.2, 0) is 42.1 Å². The molecule has 0 saturated heterocycles. The Hall–Kier alpha value is -2.38. The predicted molar refractivity (Wildman–Crippen MR) is 109 cm³/mol. The number of hydrogen-bond donors (Lipinski definition) is 3. The highest BCUT2D eigenvalue weighted by atomic mass is 32.2. The molecular weight excluding hydrogens is 374 g/mol. The molecular formula is C21H25N3O3S. The van der Waals surface area contributed by atoms with E-state index in [1.165, 1.54) is 34.4 Å². The number of carbonyl (C=O) groups excluding carboxylic acids is 1. The third-order valence-corrected chi connectivity index (χ3v) is 6.95. The van der Waals surface area contributed by atoms with E-state index < -0.39 is 16.1 Å². The molecule has 0 heterocycles. The van der Waals surface area contributed by atoms with Gasteiger partial charge in [-0.05, 0) is 91.4 Å². The molecule has 2 aromatic rings. The molecule has 2 aliphatic rings. The van der Waals surface area contributed by atoms with E-state index in [0.29, 0.717) is 13.0 Å². The Morgan fingerprint density at radius 2 is 1.57 bits per heavy atom. The highest BCUT2D eigenvalue weighted by molar-refractivity contribution is 7.90. The van der Waals surface area contributed by atoms with Gasteiger partial charge in [-0.25, -0.2) is 17.9 Å². The van der Waals surface area contributed by atoms with Crippen molar-refractivity contribution in [2.45, 2.75) is 49.8 Å². The number of benzene rings is 2. The summed E-state index contributed by atoms with van der Waals surface area (Å²) in [6.45, 7) is 0.498. The highest BCUT2D eigenvalue weighted by Crippen LogP contribution is 2.38. The van der Waals surface area contributed by atoms with Gasteiger partial charge in [0.2, 0.25) is 0 Å². The number of carbonyl (C=O) groups is 1. The summed E-state index contributed by atoms with van der Waals surface area (Å²) in [5, 5.41) is 2.85. The van der Waals surface area contributed by atoms with Crippen LogP contribution in [-0.4, -0.2) is 21.0 Å². The van der Waals surface area contributed by atoms with Gasteiger partial charge in [0.15, 0.2) is 0 Å². The Labute approximate surface area is 165 Å². The molecule has 0 aliphatic heterocycles. The lowest BCUT2D eigenvalue weighted by atomic mass is 9.99. The molecule has 2 aliphatic carbocycles. The monoisotopic (exact) mass is 399 g/mol. The average molecular weight is 400 g/mol. The van der Waals surface area contributed by atoms with Crippen molar-refractivity contribution >= 4 is 21.7 Å². The van der Waals surface area contributed by atoms with Gasteiger partial charge in [-0.15, -0.1) is 0 Å². The normalized spacial score (nSPS) is 15.2. The average Bonchev–Trinajstić information content (AvgIpc) is 3.31. The van der Waals surface area contributed by atoms with Gasteiger partial charge in [0.05, 0.1) is 4.90 Å². The molecule has 4 N–H and O–H groups in total. The van der Waals surface area contributed by atoms with Gasteiger partial charge in [-0.1, -0.05) is 18.2 Å². The second kappa shape index (κ2) is 7.56. The van der Waals surface area contributed by atoms with E-state index in [9.17, 15) is 13.2 Å². The molecule has 0 bridgehead atoms. The second-order valence-electron chi connectivity index (χ2n) is 7.48. The van der Waals surface area contributed by atoms with Crippen molar-refractivity contribution in [1.82, 2.24) is 4.72 Å². The largest absolute Gasteiger partial charge is 0.333 e. The van der Waals surface area contributed by atoms with E-state index in [4.69, 9.17) is 5.73 Å². The van der Waals surface area contributed by atoms with Gasteiger partial charge >= 0.3 is 6.03 Å². The Kier molecular flexibility index (Phi) is 5.12. The number of rotatable bonds is 5. The first-order chi connectivity index (χ1) is 13.5. The first-order valence-corrected chi connectivity index (χ1v) is 11.3. The van der Waals surface area contributed by atoms with E-state index in [-0.39, 0.29) is 4.90 Å². The number of nitrogens with two attached hydrogens (primary N) is 1. The topological polar surface area (TPSA) is 101 Å². The van der Waals surface area contributed by atoms with Crippen molar-refractivity contribution < 1.29 is 13.2 Å². The molecule has 0 saturated carbocycles. The summed E-state index contributed by atoms with van der Waals surface area (Å²) in [5.41, 5.74) is 12.2. The Balaban J connectivity index is 1.54. The third-order valence-electron chi connectivity index (χ3n) is 5.61. The summed E-state index contributed by atoms with van der Waals surface area (Å²) in [5.74, 6) is 0. The number of aryl methyl sites for hydroxylation is 2. The minimum Gasteiger partial charge on any atom is -0.330 e. The van der Waals surface area contributed by atoms with Gasteiger partial charge in [0.1, 0.15) is 0 Å². The van der Waals surface area contributed by atoms with Gasteiger partial charge in [0, 0.05) is 5.69 Å². The fraction of sp³-hybridized carbons (Fsp3) is 0.381. The van der Waals surface area contributed by atoms with Crippen LogP contribution in [0.4, 0.5) is 10.5 Å². The molecule has 148 valence electrons. The summed E-state index contributed by atoms with van der Waals surface area (Å²) in [4.78, 5) is 12.6. The van der Waals surface area contributed by atoms with Crippen LogP contribution in [0.15, 0.2) is 35.2 Å². The van der Waals surface area contributed by atoms with Crippen LogP contribution in [0.5, 0.6) is 0 Å². The molecule has 0 aromatic heterocycles. The van der Waals surface area contributed by atoms with Crippen LogP contribution < -0.4 is 15.8 Å². The zero-order chi connectivity index (χ0) is 19.7. The van der Waals surface area contributed by atoms with E-state index in [0.717, 1.165) is 49.8 Å². The number of fused-ring (bicyclic) bond motifs is 2. The van der Waals surface area contributed by atoms with E-state index in [1.54, 1.807) is 12.1 Å². The Morgan fingerprint density at radius 3 is 2.14 bits per heavy atom. The van der Waals surface area contributed by atoms with E-state index in [2.05, 4.69) is 16.1 Å². The van der Waals surface area contributed by atoms with Crippen LogP contribution in [0.1, 0.15) is 40.7 Å². The van der Waals surface area contributed by atoms with Crippen molar-refractivity contribution in [3.63, 3.8) is 0 Å². The summed E-state index contributed by atoms with van der Waals surface area (Å²) in [6.07, 6.45) is 6.71. The first kappa shape index (κ1) is 19.0. The molecule has 28 heavy (non-hydrogen) atoms. The molecule has 0 radical (unpaired) electrons. The molecule has 0 atom stereocenters. The highest BCUT2D eigenvalue weighted by Gasteiger charge is 2.26. The molecule has 0 spiro atoms. The van der Waals surface area contributed by atoms with Crippen molar-refractivity contribution in [3.8, 4) is 0 Å². The second-order valence-corrected chi connectivity index (χ2v) is 9.16. The standard InChI is InChI=1S/C21H25N3O3S/c22-12-11-14-7-9-17(10-8-14)28(26,27)24-21(25)23-20-18-5-1-3-15(18)13-16-4-2-6-19(16)20/h7-10,13H,1-6,11-12,22H2,(H2,23,24,25). The maximum atomic E-state index is 12.6. The van der Waals surface area contributed by atoms with Crippen molar-refractivity contribution in [2.75, 3.05) is 11.9 Å². The quantitative estimate of drug-likeness (QED) is 0.719. The number of amides is 2. The fourth-order valence-electron chi connectivity index (χ4n) is 4.29. The van der Waals surface area contributed by atoms with Crippen LogP contribution in [0.2, 0.25) is 0 Å². The summed E-state index contributed by atoms with van der Waals surface area (Å²) in [6, 6.07) is 8.00. The number of urea groups is 1. The van der Waals surface area contributed by atoms with Crippen LogP contribution >= 0.6 is 0 Å².